The number of methoxy groups -OCH3 is 2. The van der Waals surface area contributed by atoms with Crippen LogP contribution in [0, 0.1) is 17.8 Å². The van der Waals surface area contributed by atoms with Crippen LogP contribution in [0.5, 0.6) is 5.75 Å². The Hall–Kier alpha value is -2.16. The highest BCUT2D eigenvalue weighted by Crippen LogP contribution is 2.61. The van der Waals surface area contributed by atoms with Gasteiger partial charge in [-0.1, -0.05) is 13.0 Å². The third kappa shape index (κ3) is 3.49. The molecule has 2 heterocycles. The van der Waals surface area contributed by atoms with Gasteiger partial charge in [-0.25, -0.2) is 0 Å². The van der Waals surface area contributed by atoms with Gasteiger partial charge in [-0.3, -0.25) is 14.9 Å². The van der Waals surface area contributed by atoms with E-state index in [1.54, 1.807) is 7.11 Å². The van der Waals surface area contributed by atoms with E-state index in [4.69, 9.17) is 9.47 Å². The van der Waals surface area contributed by atoms with Gasteiger partial charge in [0.15, 0.2) is 0 Å². The molecule has 8 nitrogen and oxygen atoms in total. The molecule has 2 fully saturated rings. The summed E-state index contributed by atoms with van der Waals surface area (Å²) in [5, 5.41) is 24.2. The highest BCUT2D eigenvalue weighted by atomic mass is 16.5. The lowest BCUT2D eigenvalue weighted by molar-refractivity contribution is -0.148. The molecule has 3 N–H and O–H groups in total. The van der Waals surface area contributed by atoms with Gasteiger partial charge in [0, 0.05) is 24.8 Å². The van der Waals surface area contributed by atoms with Crippen molar-refractivity contribution in [1.29, 1.82) is 0 Å². The van der Waals surface area contributed by atoms with E-state index in [0.717, 1.165) is 30.6 Å². The Bertz CT molecular complexity index is 889. The van der Waals surface area contributed by atoms with Crippen LogP contribution in [0.1, 0.15) is 44.2 Å². The van der Waals surface area contributed by atoms with Crippen LogP contribution in [0.15, 0.2) is 18.2 Å². The highest BCUT2D eigenvalue weighted by molar-refractivity contribution is 5.81. The predicted molar refractivity (Wildman–Crippen MR) is 117 cm³/mol. The van der Waals surface area contributed by atoms with E-state index >= 15 is 0 Å². The Balaban J connectivity index is 1.72. The molecule has 1 saturated heterocycles. The van der Waals surface area contributed by atoms with E-state index in [9.17, 15) is 19.8 Å². The number of aryl methyl sites for hydroxylation is 1. The molecular weight excluding hydrogens is 412 g/mol. The van der Waals surface area contributed by atoms with Gasteiger partial charge in [0.05, 0.1) is 25.9 Å². The minimum atomic E-state index is -1.06. The number of amides is 1. The van der Waals surface area contributed by atoms with Crippen molar-refractivity contribution < 1.29 is 29.3 Å². The molecule has 7 atom stereocenters. The molecule has 1 amide bonds. The average Bonchev–Trinajstić information content (AvgIpc) is 3.12. The summed E-state index contributed by atoms with van der Waals surface area (Å²) in [4.78, 5) is 27.3. The van der Waals surface area contributed by atoms with Gasteiger partial charge in [0.25, 0.3) is 0 Å². The summed E-state index contributed by atoms with van der Waals surface area (Å²) in [7, 11) is 2.91. The molecule has 1 aliphatic carbocycles. The summed E-state index contributed by atoms with van der Waals surface area (Å²) in [6.45, 7) is 4.26. The molecule has 1 spiro atoms. The maximum Gasteiger partial charge on any atom is 0.325 e. The summed E-state index contributed by atoms with van der Waals surface area (Å²) in [5.41, 5.74) is 1.86. The van der Waals surface area contributed by atoms with E-state index < -0.39 is 29.9 Å². The van der Waals surface area contributed by atoms with Gasteiger partial charge in [-0.15, -0.1) is 0 Å². The van der Waals surface area contributed by atoms with Crippen LogP contribution in [-0.2, 0) is 26.3 Å². The lowest BCUT2D eigenvalue weighted by Gasteiger charge is -2.40. The first kappa shape index (κ1) is 23.0. The van der Waals surface area contributed by atoms with Gasteiger partial charge in [0.1, 0.15) is 18.0 Å². The maximum absolute atomic E-state index is 13.1. The third-order valence-electron chi connectivity index (χ3n) is 7.80. The van der Waals surface area contributed by atoms with E-state index in [2.05, 4.69) is 24.4 Å². The number of carbonyl (C=O) groups excluding carboxylic acids is 2. The first-order chi connectivity index (χ1) is 15.2. The number of carbonyl (C=O) groups is 2. The number of aliphatic hydroxyl groups excluding tert-OH is 2. The number of ether oxygens (including phenoxy) is 2. The molecule has 3 aliphatic rings. The lowest BCUT2D eigenvalue weighted by Crippen LogP contribution is -2.54. The summed E-state index contributed by atoms with van der Waals surface area (Å²) in [5.74, 6) is 0.0151. The summed E-state index contributed by atoms with van der Waals surface area (Å²) < 4.78 is 10.2. The predicted octanol–water partition coefficient (Wildman–Crippen LogP) is 1.17. The molecule has 32 heavy (non-hydrogen) atoms. The van der Waals surface area contributed by atoms with Crippen LogP contribution in [0.25, 0.3) is 0 Å². The standard InChI is InChI=1S/C24H34N2O6/c1-13-12-24-17-8-7-16(31-3)10-15(17)6-5-9-26(24)19(28)11-18(24)20(13)22(29)25-21(14(2)27)23(30)32-4/h7-8,10,13-14,18,20-22,25,27,29H,5-6,9,11-12H2,1-4H3. The molecular formula is C24H34N2O6. The number of fused-ring (bicyclic) bond motifs is 1. The van der Waals surface area contributed by atoms with Gasteiger partial charge in [0.2, 0.25) is 5.91 Å². The molecule has 0 aromatic heterocycles. The fourth-order valence-corrected chi connectivity index (χ4v) is 6.52. The Kier molecular flexibility index (Phi) is 6.22. The Morgan fingerprint density at radius 1 is 1.31 bits per heavy atom. The molecule has 1 saturated carbocycles. The molecule has 8 heteroatoms. The van der Waals surface area contributed by atoms with Crippen molar-refractivity contribution in [3.63, 3.8) is 0 Å². The zero-order chi connectivity index (χ0) is 23.2. The monoisotopic (exact) mass is 446 g/mol. The van der Waals surface area contributed by atoms with E-state index in [1.165, 1.54) is 19.6 Å². The molecule has 7 unspecified atom stereocenters. The van der Waals surface area contributed by atoms with Crippen LogP contribution in [0.2, 0.25) is 0 Å². The van der Waals surface area contributed by atoms with E-state index in [0.29, 0.717) is 13.0 Å². The second kappa shape index (κ2) is 8.65. The van der Waals surface area contributed by atoms with Gasteiger partial charge in [-0.05, 0) is 55.4 Å². The average molecular weight is 447 g/mol. The summed E-state index contributed by atoms with van der Waals surface area (Å²) in [6, 6.07) is 5.06. The molecule has 176 valence electrons. The largest absolute Gasteiger partial charge is 0.497 e. The third-order valence-corrected chi connectivity index (χ3v) is 7.80. The van der Waals surface area contributed by atoms with Crippen molar-refractivity contribution in [3.8, 4) is 5.75 Å². The van der Waals surface area contributed by atoms with Crippen molar-refractivity contribution >= 4 is 11.9 Å². The van der Waals surface area contributed by atoms with Crippen LogP contribution in [-0.4, -0.2) is 66.1 Å². The van der Waals surface area contributed by atoms with Gasteiger partial charge in [-0.2, -0.15) is 0 Å². The number of esters is 1. The molecule has 1 aromatic carbocycles. The summed E-state index contributed by atoms with van der Waals surface area (Å²) in [6.07, 6.45) is 0.755. The fraction of sp³-hybridized carbons (Fsp3) is 0.667. The highest BCUT2D eigenvalue weighted by Gasteiger charge is 2.64. The minimum absolute atomic E-state index is 0.0958. The van der Waals surface area contributed by atoms with Crippen molar-refractivity contribution in [1.82, 2.24) is 10.2 Å². The van der Waals surface area contributed by atoms with Crippen LogP contribution in [0.3, 0.4) is 0 Å². The zero-order valence-corrected chi connectivity index (χ0v) is 19.2. The Morgan fingerprint density at radius 3 is 2.72 bits per heavy atom. The molecule has 4 rings (SSSR count). The van der Waals surface area contributed by atoms with E-state index in [-0.39, 0.29) is 23.7 Å². The van der Waals surface area contributed by atoms with Crippen LogP contribution in [0.4, 0.5) is 0 Å². The van der Waals surface area contributed by atoms with Crippen molar-refractivity contribution in [2.45, 2.75) is 63.4 Å². The summed E-state index contributed by atoms with van der Waals surface area (Å²) >= 11 is 0. The first-order valence-electron chi connectivity index (χ1n) is 11.4. The van der Waals surface area contributed by atoms with Crippen molar-refractivity contribution in [3.05, 3.63) is 29.3 Å². The first-order valence-corrected chi connectivity index (χ1v) is 11.4. The fourth-order valence-electron chi connectivity index (χ4n) is 6.52. The number of aliphatic hydroxyl groups is 2. The van der Waals surface area contributed by atoms with Gasteiger partial charge >= 0.3 is 5.97 Å². The lowest BCUT2D eigenvalue weighted by atomic mass is 9.76. The van der Waals surface area contributed by atoms with Gasteiger partial charge < -0.3 is 24.6 Å². The van der Waals surface area contributed by atoms with Crippen LogP contribution < -0.4 is 10.1 Å². The number of benzene rings is 1. The Labute approximate surface area is 188 Å². The number of nitrogens with one attached hydrogen (secondary N) is 1. The number of nitrogens with zero attached hydrogens (tertiary/aromatic N) is 1. The number of hydrogen-bond donors (Lipinski definition) is 3. The second-order valence-corrected chi connectivity index (χ2v) is 9.52. The molecule has 2 aliphatic heterocycles. The SMILES string of the molecule is COC(=O)C(NC(O)C1C(C)CC23c4ccc(OC)cc4CCCN2C(=O)CC13)C(C)O. The van der Waals surface area contributed by atoms with Crippen LogP contribution >= 0.6 is 0 Å². The number of rotatable bonds is 6. The minimum Gasteiger partial charge on any atom is -0.497 e. The quantitative estimate of drug-likeness (QED) is 0.445. The Morgan fingerprint density at radius 2 is 2.06 bits per heavy atom. The smallest absolute Gasteiger partial charge is 0.325 e. The van der Waals surface area contributed by atoms with Crippen molar-refractivity contribution in [2.24, 2.45) is 17.8 Å². The maximum atomic E-state index is 13.1. The van der Waals surface area contributed by atoms with E-state index in [1.807, 2.05) is 11.0 Å². The normalized spacial score (nSPS) is 31.8. The second-order valence-electron chi connectivity index (χ2n) is 9.52. The molecule has 1 aromatic rings. The number of hydrogen-bond acceptors (Lipinski definition) is 7. The molecule has 0 bridgehead atoms. The zero-order valence-electron chi connectivity index (χ0n) is 19.2. The van der Waals surface area contributed by atoms with Crippen molar-refractivity contribution in [2.75, 3.05) is 20.8 Å². The topological polar surface area (TPSA) is 108 Å². The molecule has 0 radical (unpaired) electrons.